The highest BCUT2D eigenvalue weighted by atomic mass is 16.5. The van der Waals surface area contributed by atoms with Gasteiger partial charge in [0.1, 0.15) is 11.6 Å². The summed E-state index contributed by atoms with van der Waals surface area (Å²) >= 11 is 0. The second-order valence-electron chi connectivity index (χ2n) is 5.40. The zero-order chi connectivity index (χ0) is 13.2. The lowest BCUT2D eigenvalue weighted by Crippen LogP contribution is -2.28. The number of fused-ring (bicyclic) bond motifs is 1. The van der Waals surface area contributed by atoms with Gasteiger partial charge in [-0.1, -0.05) is 0 Å². The van der Waals surface area contributed by atoms with Crippen molar-refractivity contribution in [2.45, 2.75) is 51.2 Å². The van der Waals surface area contributed by atoms with Crippen molar-refractivity contribution in [2.75, 3.05) is 6.61 Å². The fraction of sp³-hybridized carbons (Fsp3) is 0.769. The number of ether oxygens (including phenoxy) is 1. The van der Waals surface area contributed by atoms with Crippen molar-refractivity contribution in [3.8, 4) is 0 Å². The van der Waals surface area contributed by atoms with Crippen LogP contribution in [-0.2, 0) is 28.9 Å². The summed E-state index contributed by atoms with van der Waals surface area (Å²) in [7, 11) is 0. The molecule has 1 fully saturated rings. The van der Waals surface area contributed by atoms with Gasteiger partial charge < -0.3 is 14.4 Å². The first-order valence-corrected chi connectivity index (χ1v) is 6.99. The van der Waals surface area contributed by atoms with Crippen LogP contribution in [0.4, 0.5) is 0 Å². The molecule has 2 aliphatic rings. The number of carboxylic acid groups (broad SMARTS) is 1. The van der Waals surface area contributed by atoms with Crippen LogP contribution in [-0.4, -0.2) is 38.6 Å². The van der Waals surface area contributed by atoms with E-state index in [-0.39, 0.29) is 12.0 Å². The van der Waals surface area contributed by atoms with Gasteiger partial charge in [-0.2, -0.15) is 0 Å². The first-order valence-electron chi connectivity index (χ1n) is 6.99. The molecule has 3 rings (SSSR count). The number of aromatic nitrogens is 3. The summed E-state index contributed by atoms with van der Waals surface area (Å²) in [6, 6.07) is 0. The molecule has 3 heterocycles. The van der Waals surface area contributed by atoms with Crippen LogP contribution >= 0.6 is 0 Å². The summed E-state index contributed by atoms with van der Waals surface area (Å²) in [5.41, 5.74) is 0. The maximum absolute atomic E-state index is 11.0. The van der Waals surface area contributed by atoms with Crippen molar-refractivity contribution in [1.29, 1.82) is 0 Å². The van der Waals surface area contributed by atoms with E-state index in [0.717, 1.165) is 37.5 Å². The fourth-order valence-corrected chi connectivity index (χ4v) is 2.92. The topological polar surface area (TPSA) is 77.2 Å². The van der Waals surface area contributed by atoms with Gasteiger partial charge in [0.15, 0.2) is 0 Å². The van der Waals surface area contributed by atoms with Crippen LogP contribution in [0.3, 0.4) is 0 Å². The van der Waals surface area contributed by atoms with E-state index >= 15 is 0 Å². The zero-order valence-corrected chi connectivity index (χ0v) is 10.9. The molecule has 0 amide bonds. The van der Waals surface area contributed by atoms with Crippen LogP contribution in [0.15, 0.2) is 0 Å². The van der Waals surface area contributed by atoms with Crippen LogP contribution in [0.25, 0.3) is 0 Å². The van der Waals surface area contributed by atoms with Gasteiger partial charge in [-0.05, 0) is 25.7 Å². The molecule has 0 aliphatic carbocycles. The molecule has 1 aromatic heterocycles. The van der Waals surface area contributed by atoms with Gasteiger partial charge >= 0.3 is 5.97 Å². The van der Waals surface area contributed by atoms with Gasteiger partial charge in [0, 0.05) is 26.0 Å². The van der Waals surface area contributed by atoms with E-state index in [1.54, 1.807) is 0 Å². The molecule has 0 aromatic carbocycles. The van der Waals surface area contributed by atoms with Crippen LogP contribution < -0.4 is 0 Å². The molecular formula is C13H19N3O3. The summed E-state index contributed by atoms with van der Waals surface area (Å²) in [5.74, 6) is 0.720. The number of carboxylic acids is 1. The third-order valence-corrected chi connectivity index (χ3v) is 4.07. The maximum Gasteiger partial charge on any atom is 0.307 e. The molecule has 6 nitrogen and oxygen atoms in total. The minimum Gasteiger partial charge on any atom is -0.481 e. The van der Waals surface area contributed by atoms with E-state index in [2.05, 4.69) is 14.8 Å². The van der Waals surface area contributed by atoms with Gasteiger partial charge in [-0.15, -0.1) is 10.2 Å². The summed E-state index contributed by atoms with van der Waals surface area (Å²) in [6.45, 7) is 1.55. The largest absolute Gasteiger partial charge is 0.481 e. The Labute approximate surface area is 111 Å². The van der Waals surface area contributed by atoms with Gasteiger partial charge in [0.25, 0.3) is 0 Å². The summed E-state index contributed by atoms with van der Waals surface area (Å²) < 4.78 is 7.81. The molecule has 1 N–H and O–H groups in total. The number of hydrogen-bond donors (Lipinski definition) is 1. The van der Waals surface area contributed by atoms with Crippen LogP contribution in [0.2, 0.25) is 0 Å². The standard InChI is InChI=1S/C13H19N3O3/c17-13(18)9-4-5-16-11(7-9)14-15-12(16)8-10-3-1-2-6-19-10/h9-10H,1-8H2,(H,17,18). The lowest BCUT2D eigenvalue weighted by atomic mass is 9.98. The zero-order valence-electron chi connectivity index (χ0n) is 10.9. The number of rotatable bonds is 3. The van der Waals surface area contributed by atoms with Gasteiger partial charge in [-0.3, -0.25) is 4.79 Å². The first-order chi connectivity index (χ1) is 9.24. The second kappa shape index (κ2) is 5.28. The van der Waals surface area contributed by atoms with Gasteiger partial charge in [-0.25, -0.2) is 0 Å². The predicted octanol–water partition coefficient (Wildman–Crippen LogP) is 1.04. The normalized spacial score (nSPS) is 26.9. The highest BCUT2D eigenvalue weighted by Crippen LogP contribution is 2.23. The molecule has 104 valence electrons. The van der Waals surface area contributed by atoms with E-state index < -0.39 is 5.97 Å². The van der Waals surface area contributed by atoms with Crippen molar-refractivity contribution >= 4 is 5.97 Å². The minimum atomic E-state index is -0.730. The average Bonchev–Trinajstić information content (AvgIpc) is 2.82. The Bertz CT molecular complexity index is 466. The smallest absolute Gasteiger partial charge is 0.307 e. The van der Waals surface area contributed by atoms with Crippen molar-refractivity contribution < 1.29 is 14.6 Å². The molecule has 6 heteroatoms. The third-order valence-electron chi connectivity index (χ3n) is 4.07. The molecule has 2 unspecified atom stereocenters. The Kier molecular flexibility index (Phi) is 3.50. The molecule has 2 atom stereocenters. The Hall–Kier alpha value is -1.43. The highest BCUT2D eigenvalue weighted by Gasteiger charge is 2.28. The lowest BCUT2D eigenvalue weighted by molar-refractivity contribution is -0.142. The Balaban J connectivity index is 1.70. The summed E-state index contributed by atoms with van der Waals surface area (Å²) in [6.07, 6.45) is 5.65. The van der Waals surface area contributed by atoms with E-state index in [1.165, 1.54) is 6.42 Å². The molecule has 2 aliphatic heterocycles. The molecule has 1 aromatic rings. The van der Waals surface area contributed by atoms with Crippen molar-refractivity contribution in [2.24, 2.45) is 5.92 Å². The number of aliphatic carboxylic acids is 1. The maximum atomic E-state index is 11.0. The molecule has 0 saturated carbocycles. The van der Waals surface area contributed by atoms with Crippen molar-refractivity contribution in [3.63, 3.8) is 0 Å². The Morgan fingerprint density at radius 2 is 2.26 bits per heavy atom. The lowest BCUT2D eigenvalue weighted by Gasteiger charge is -2.24. The number of hydrogen-bond acceptors (Lipinski definition) is 4. The summed E-state index contributed by atoms with van der Waals surface area (Å²) in [4.78, 5) is 11.0. The van der Waals surface area contributed by atoms with Gasteiger partial charge in [0.05, 0.1) is 12.0 Å². The fourth-order valence-electron chi connectivity index (χ4n) is 2.92. The monoisotopic (exact) mass is 265 g/mol. The molecule has 0 bridgehead atoms. The highest BCUT2D eigenvalue weighted by molar-refractivity contribution is 5.70. The first kappa shape index (κ1) is 12.6. The van der Waals surface area contributed by atoms with E-state index in [9.17, 15) is 4.79 Å². The average molecular weight is 265 g/mol. The van der Waals surface area contributed by atoms with Gasteiger partial charge in [0.2, 0.25) is 0 Å². The van der Waals surface area contributed by atoms with Crippen molar-refractivity contribution in [1.82, 2.24) is 14.8 Å². The molecule has 0 spiro atoms. The molecule has 1 saturated heterocycles. The SMILES string of the molecule is O=C(O)C1CCn2c(CC3CCCCO3)nnc2C1. The number of nitrogens with zero attached hydrogens (tertiary/aromatic N) is 3. The van der Waals surface area contributed by atoms with Crippen LogP contribution in [0.1, 0.15) is 37.3 Å². The quantitative estimate of drug-likeness (QED) is 0.883. The second-order valence-corrected chi connectivity index (χ2v) is 5.40. The predicted molar refractivity (Wildman–Crippen MR) is 66.8 cm³/mol. The van der Waals surface area contributed by atoms with E-state index in [0.29, 0.717) is 19.4 Å². The van der Waals surface area contributed by atoms with E-state index in [4.69, 9.17) is 9.84 Å². The molecule has 0 radical (unpaired) electrons. The van der Waals surface area contributed by atoms with E-state index in [1.807, 2.05) is 0 Å². The van der Waals surface area contributed by atoms with Crippen LogP contribution in [0.5, 0.6) is 0 Å². The Morgan fingerprint density at radius 3 is 3.00 bits per heavy atom. The van der Waals surface area contributed by atoms with Crippen molar-refractivity contribution in [3.05, 3.63) is 11.6 Å². The Morgan fingerprint density at radius 1 is 1.37 bits per heavy atom. The van der Waals surface area contributed by atoms with Crippen LogP contribution in [0, 0.1) is 5.92 Å². The third kappa shape index (κ3) is 2.63. The minimum absolute atomic E-state index is 0.249. The molecule has 19 heavy (non-hydrogen) atoms. The summed E-state index contributed by atoms with van der Waals surface area (Å²) in [5, 5.41) is 17.4. The number of carbonyl (C=O) groups is 1. The molecular weight excluding hydrogens is 246 g/mol.